The Hall–Kier alpha value is -2.65. The highest BCUT2D eigenvalue weighted by atomic mass is 19.2. The van der Waals surface area contributed by atoms with Gasteiger partial charge in [0.1, 0.15) is 6.61 Å². The number of amides is 1. The average Bonchev–Trinajstić information content (AvgIpc) is 3.23. The number of carbonyl (C=O) groups excluding carboxylic acids is 2. The Morgan fingerprint density at radius 3 is 2.30 bits per heavy atom. The molecule has 1 aliphatic carbocycles. The largest absolute Gasteiger partial charge is 0.479 e. The van der Waals surface area contributed by atoms with Crippen LogP contribution >= 0.6 is 0 Å². The number of Topliss-reactive ketones (excluding diaryl/α,β-unsaturated/α-hetero) is 1. The fraction of sp³-hybridized carbons (Fsp3) is 0.550. The van der Waals surface area contributed by atoms with Crippen LogP contribution in [0.3, 0.4) is 0 Å². The smallest absolute Gasteiger partial charge is 0.223 e. The zero-order chi connectivity index (χ0) is 22.3. The molecule has 0 bridgehead atoms. The lowest BCUT2D eigenvalue weighted by Gasteiger charge is -2.20. The number of unbranched alkanes of at least 4 members (excludes halogenated alkanes) is 1. The molecule has 0 unspecified atom stereocenters. The number of hydrogen-bond donors (Lipinski definition) is 3. The Morgan fingerprint density at radius 2 is 1.73 bits per heavy atom. The molecular formula is C20H25F4N3O3. The lowest BCUT2D eigenvalue weighted by molar-refractivity contribution is -0.131. The van der Waals surface area contributed by atoms with E-state index in [1.54, 1.807) is 0 Å². The third-order valence-corrected chi connectivity index (χ3v) is 5.05. The van der Waals surface area contributed by atoms with E-state index >= 15 is 0 Å². The molecular weight excluding hydrogens is 406 g/mol. The van der Waals surface area contributed by atoms with E-state index in [-0.39, 0.29) is 30.1 Å². The SMILES string of the molecule is N=C(N)CCCC[C@H](NC(=O)C1CCCC1)C(=O)COc1c(F)c(F)cc(F)c1F. The topological polar surface area (TPSA) is 105 Å². The maximum Gasteiger partial charge on any atom is 0.223 e. The number of halogens is 4. The quantitative estimate of drug-likeness (QED) is 0.164. The molecule has 1 aromatic carbocycles. The third kappa shape index (κ3) is 6.43. The van der Waals surface area contributed by atoms with Crippen LogP contribution in [-0.4, -0.2) is 30.2 Å². The molecule has 0 saturated heterocycles. The molecule has 0 heterocycles. The van der Waals surface area contributed by atoms with Gasteiger partial charge in [-0.15, -0.1) is 0 Å². The van der Waals surface area contributed by atoms with Crippen LogP contribution in [0.1, 0.15) is 51.4 Å². The van der Waals surface area contributed by atoms with Crippen molar-refractivity contribution in [1.29, 1.82) is 5.41 Å². The summed E-state index contributed by atoms with van der Waals surface area (Å²) in [5, 5.41) is 9.86. The molecule has 1 atom stereocenters. The summed E-state index contributed by atoms with van der Waals surface area (Å²) in [4.78, 5) is 24.9. The summed E-state index contributed by atoms with van der Waals surface area (Å²) >= 11 is 0. The van der Waals surface area contributed by atoms with Crippen molar-refractivity contribution in [3.63, 3.8) is 0 Å². The standard InChI is InChI=1S/C20H25F4N3O3/c21-12-9-13(22)18(24)19(17(12)23)30-10-15(28)14(7-3-4-8-16(25)26)27-20(29)11-5-1-2-6-11/h9,11,14H,1-8,10H2,(H3,25,26)(H,27,29)/t14-/m0/s1. The molecule has 1 amide bonds. The van der Waals surface area contributed by atoms with Crippen molar-refractivity contribution in [2.75, 3.05) is 6.61 Å². The number of rotatable bonds is 11. The highest BCUT2D eigenvalue weighted by molar-refractivity contribution is 5.90. The maximum atomic E-state index is 13.7. The van der Waals surface area contributed by atoms with Gasteiger partial charge in [0.15, 0.2) is 23.2 Å². The number of nitrogens with two attached hydrogens (primary N) is 1. The Labute approximate surface area is 171 Å². The van der Waals surface area contributed by atoms with Crippen LogP contribution in [0, 0.1) is 34.6 Å². The molecule has 4 N–H and O–H groups in total. The molecule has 0 spiro atoms. The Balaban J connectivity index is 2.03. The molecule has 2 rings (SSSR count). The second kappa shape index (κ2) is 10.9. The Morgan fingerprint density at radius 1 is 1.13 bits per heavy atom. The van der Waals surface area contributed by atoms with Gasteiger partial charge in [0.25, 0.3) is 0 Å². The molecule has 1 aromatic rings. The van der Waals surface area contributed by atoms with E-state index in [1.807, 2.05) is 0 Å². The van der Waals surface area contributed by atoms with E-state index in [4.69, 9.17) is 15.9 Å². The number of carbonyl (C=O) groups is 2. The first-order valence-electron chi connectivity index (χ1n) is 9.82. The first-order chi connectivity index (χ1) is 14.2. The van der Waals surface area contributed by atoms with E-state index in [9.17, 15) is 27.2 Å². The van der Waals surface area contributed by atoms with Gasteiger partial charge in [-0.3, -0.25) is 15.0 Å². The van der Waals surface area contributed by atoms with Gasteiger partial charge in [0.2, 0.25) is 17.5 Å². The van der Waals surface area contributed by atoms with Crippen molar-refractivity contribution >= 4 is 17.5 Å². The summed E-state index contributed by atoms with van der Waals surface area (Å²) in [5.41, 5.74) is 5.29. The summed E-state index contributed by atoms with van der Waals surface area (Å²) in [6.45, 7) is -0.876. The number of benzene rings is 1. The predicted octanol–water partition coefficient (Wildman–Crippen LogP) is 3.36. The molecule has 1 fully saturated rings. The molecule has 166 valence electrons. The second-order valence-electron chi connectivity index (χ2n) is 7.37. The van der Waals surface area contributed by atoms with Gasteiger partial charge in [0, 0.05) is 18.4 Å². The molecule has 0 aliphatic heterocycles. The third-order valence-electron chi connectivity index (χ3n) is 5.05. The van der Waals surface area contributed by atoms with Crippen LogP contribution in [0.25, 0.3) is 0 Å². The molecule has 1 aliphatic rings. The highest BCUT2D eigenvalue weighted by Crippen LogP contribution is 2.27. The number of nitrogens with one attached hydrogen (secondary N) is 2. The summed E-state index contributed by atoms with van der Waals surface area (Å²) < 4.78 is 58.7. The van der Waals surface area contributed by atoms with Gasteiger partial charge in [-0.05, 0) is 25.7 Å². The molecule has 30 heavy (non-hydrogen) atoms. The lowest BCUT2D eigenvalue weighted by atomic mass is 10.0. The van der Waals surface area contributed by atoms with Crippen molar-refractivity contribution in [2.24, 2.45) is 11.7 Å². The number of amidine groups is 1. The molecule has 10 heteroatoms. The van der Waals surface area contributed by atoms with Crippen LogP contribution in [0.4, 0.5) is 17.6 Å². The Kier molecular flexibility index (Phi) is 8.61. The van der Waals surface area contributed by atoms with Crippen LogP contribution < -0.4 is 15.8 Å². The van der Waals surface area contributed by atoms with Crippen molar-refractivity contribution in [3.8, 4) is 5.75 Å². The summed E-state index contributed by atoms with van der Waals surface area (Å²) in [6, 6.07) is -0.950. The first-order valence-corrected chi connectivity index (χ1v) is 9.82. The van der Waals surface area contributed by atoms with E-state index in [0.717, 1.165) is 12.8 Å². The fourth-order valence-electron chi connectivity index (χ4n) is 3.38. The van der Waals surface area contributed by atoms with Crippen molar-refractivity contribution in [3.05, 3.63) is 29.3 Å². The monoisotopic (exact) mass is 431 g/mol. The van der Waals surface area contributed by atoms with Crippen LogP contribution in [-0.2, 0) is 9.59 Å². The molecule has 0 radical (unpaired) electrons. The maximum absolute atomic E-state index is 13.7. The summed E-state index contributed by atoms with van der Waals surface area (Å²) in [5.74, 6) is -9.28. The Bertz CT molecular complexity index is 772. The minimum atomic E-state index is -1.74. The van der Waals surface area contributed by atoms with Gasteiger partial charge >= 0.3 is 0 Å². The van der Waals surface area contributed by atoms with Crippen LogP contribution in [0.2, 0.25) is 0 Å². The zero-order valence-corrected chi connectivity index (χ0v) is 16.4. The van der Waals surface area contributed by atoms with Gasteiger partial charge < -0.3 is 15.8 Å². The minimum Gasteiger partial charge on any atom is -0.479 e. The van der Waals surface area contributed by atoms with Crippen molar-refractivity contribution in [1.82, 2.24) is 5.32 Å². The fourth-order valence-corrected chi connectivity index (χ4v) is 3.38. The first kappa shape index (κ1) is 23.6. The molecule has 6 nitrogen and oxygen atoms in total. The van der Waals surface area contributed by atoms with Crippen molar-refractivity contribution < 1.29 is 31.9 Å². The van der Waals surface area contributed by atoms with E-state index in [2.05, 4.69) is 5.32 Å². The van der Waals surface area contributed by atoms with Crippen LogP contribution in [0.5, 0.6) is 5.75 Å². The van der Waals surface area contributed by atoms with Crippen molar-refractivity contribution in [2.45, 2.75) is 57.4 Å². The van der Waals surface area contributed by atoms with Gasteiger partial charge in [0.05, 0.1) is 11.9 Å². The van der Waals surface area contributed by atoms with E-state index < -0.39 is 47.5 Å². The number of ketones is 1. The average molecular weight is 431 g/mol. The van der Waals surface area contributed by atoms with E-state index in [0.29, 0.717) is 32.1 Å². The molecule has 1 saturated carbocycles. The van der Waals surface area contributed by atoms with Crippen LogP contribution in [0.15, 0.2) is 6.07 Å². The molecule has 0 aromatic heterocycles. The summed E-state index contributed by atoms with van der Waals surface area (Å²) in [7, 11) is 0. The second-order valence-corrected chi connectivity index (χ2v) is 7.37. The highest BCUT2D eigenvalue weighted by Gasteiger charge is 2.28. The number of ether oxygens (including phenoxy) is 1. The normalized spacial score (nSPS) is 15.1. The number of hydrogen-bond acceptors (Lipinski definition) is 4. The zero-order valence-electron chi connectivity index (χ0n) is 16.4. The minimum absolute atomic E-state index is 0.00437. The summed E-state index contributed by atoms with van der Waals surface area (Å²) in [6.07, 6.45) is 4.77. The van der Waals surface area contributed by atoms with Gasteiger partial charge in [-0.1, -0.05) is 19.3 Å². The lowest BCUT2D eigenvalue weighted by Crippen LogP contribution is -2.45. The van der Waals surface area contributed by atoms with Gasteiger partial charge in [-0.2, -0.15) is 8.78 Å². The van der Waals surface area contributed by atoms with E-state index in [1.165, 1.54) is 0 Å². The van der Waals surface area contributed by atoms with Gasteiger partial charge in [-0.25, -0.2) is 8.78 Å². The predicted molar refractivity (Wildman–Crippen MR) is 101 cm³/mol.